The first kappa shape index (κ1) is 33.8. The summed E-state index contributed by atoms with van der Waals surface area (Å²) in [6, 6.07) is 15.2. The minimum Gasteiger partial charge on any atom is -0.460 e. The number of halogens is 2. The molecule has 0 atom stereocenters. The molecule has 0 radical (unpaired) electrons. The van der Waals surface area contributed by atoms with Gasteiger partial charge in [-0.2, -0.15) is 0 Å². The number of carbonyl (C=O) groups is 3. The smallest absolute Gasteiger partial charge is 0.460 e. The Morgan fingerprint density at radius 3 is 2.38 bits per heavy atom. The van der Waals surface area contributed by atoms with E-state index in [0.29, 0.717) is 48.4 Å². The van der Waals surface area contributed by atoms with Gasteiger partial charge in [-0.3, -0.25) is 14.4 Å². The van der Waals surface area contributed by atoms with E-state index in [2.05, 4.69) is 20.1 Å². The predicted octanol–water partition coefficient (Wildman–Crippen LogP) is 7.46. The van der Waals surface area contributed by atoms with Crippen LogP contribution >= 0.6 is 0 Å². The summed E-state index contributed by atoms with van der Waals surface area (Å²) < 4.78 is 41.4. The number of anilines is 1. The third-order valence-corrected chi connectivity index (χ3v) is 8.14. The summed E-state index contributed by atoms with van der Waals surface area (Å²) >= 11 is 0. The van der Waals surface area contributed by atoms with Crippen molar-refractivity contribution in [3.8, 4) is 22.8 Å². The molecule has 47 heavy (non-hydrogen) atoms. The number of fused-ring (bicyclic) bond motifs is 1. The number of alkyl halides is 2. The highest BCUT2D eigenvalue weighted by Crippen LogP contribution is 2.52. The van der Waals surface area contributed by atoms with Crippen molar-refractivity contribution in [2.75, 3.05) is 11.9 Å². The molecular formula is C36H41F2N3O6. The quantitative estimate of drug-likeness (QED) is 0.146. The Kier molecular flexibility index (Phi) is 9.84. The largest absolute Gasteiger partial charge is 0.586 e. The summed E-state index contributed by atoms with van der Waals surface area (Å²) in [5.74, 6) is -0.470. The molecule has 1 aromatic heterocycles. The normalized spacial score (nSPS) is 15.5. The number of amides is 2. The van der Waals surface area contributed by atoms with Crippen molar-refractivity contribution in [3.63, 3.8) is 0 Å². The van der Waals surface area contributed by atoms with Gasteiger partial charge in [-0.15, -0.1) is 8.78 Å². The Morgan fingerprint density at radius 2 is 1.64 bits per heavy atom. The molecule has 2 aliphatic rings. The van der Waals surface area contributed by atoms with Crippen LogP contribution in [0.1, 0.15) is 93.6 Å². The molecule has 2 aromatic carbocycles. The number of benzene rings is 2. The van der Waals surface area contributed by atoms with Crippen LogP contribution in [-0.2, 0) is 19.7 Å². The summed E-state index contributed by atoms with van der Waals surface area (Å²) in [5.41, 5.74) is 1.96. The van der Waals surface area contributed by atoms with Gasteiger partial charge in [-0.25, -0.2) is 4.98 Å². The summed E-state index contributed by atoms with van der Waals surface area (Å²) in [5, 5.41) is 5.87. The molecule has 0 spiro atoms. The fourth-order valence-corrected chi connectivity index (χ4v) is 5.57. The highest BCUT2D eigenvalue weighted by Gasteiger charge is 2.53. The highest BCUT2D eigenvalue weighted by molar-refractivity contribution is 6.01. The predicted molar refractivity (Wildman–Crippen MR) is 172 cm³/mol. The average Bonchev–Trinajstić information content (AvgIpc) is 3.75. The summed E-state index contributed by atoms with van der Waals surface area (Å²) in [7, 11) is 0. The maximum atomic E-state index is 13.5. The SMILES string of the molecule is Cc1ccc(NC(=O)C2(c3ccc4c(c3)OC(F)(F)O4)CC2)nc1-c1cccc(C(=O)NCCCCCCCC(=O)OC(C)(C)C)c1. The van der Waals surface area contributed by atoms with Crippen molar-refractivity contribution in [2.45, 2.75) is 96.4 Å². The van der Waals surface area contributed by atoms with E-state index < -0.39 is 17.3 Å². The Morgan fingerprint density at radius 1 is 0.915 bits per heavy atom. The number of ether oxygens (including phenoxy) is 3. The topological polar surface area (TPSA) is 116 Å². The standard InChI is InChI=1S/C36H41F2N3O6/c1-23-14-17-29(41-33(44)35(18-19-35)26-15-16-27-28(22-26)46-36(37,38)45-27)40-31(23)24-11-10-12-25(21-24)32(43)39-20-9-7-5-6-8-13-30(42)47-34(2,3)4/h10-12,14-17,21-22H,5-9,13,18-20H2,1-4H3,(H,39,43)(H,40,41,44). The third kappa shape index (κ3) is 8.64. The molecule has 2 N–H and O–H groups in total. The maximum absolute atomic E-state index is 13.5. The van der Waals surface area contributed by atoms with E-state index >= 15 is 0 Å². The molecule has 1 fully saturated rings. The van der Waals surface area contributed by atoms with Crippen LogP contribution in [0, 0.1) is 6.92 Å². The van der Waals surface area contributed by atoms with Crippen LogP contribution in [0.2, 0.25) is 0 Å². The third-order valence-electron chi connectivity index (χ3n) is 8.14. The summed E-state index contributed by atoms with van der Waals surface area (Å²) in [6.07, 6.45) is 2.27. The zero-order valence-corrected chi connectivity index (χ0v) is 27.2. The number of hydrogen-bond donors (Lipinski definition) is 2. The second kappa shape index (κ2) is 13.7. The minimum absolute atomic E-state index is 0.0699. The van der Waals surface area contributed by atoms with E-state index in [0.717, 1.165) is 43.2 Å². The molecular weight excluding hydrogens is 608 g/mol. The number of esters is 1. The number of pyridine rings is 1. The van der Waals surface area contributed by atoms with Gasteiger partial charge in [-0.1, -0.05) is 43.5 Å². The van der Waals surface area contributed by atoms with Crippen LogP contribution in [0.3, 0.4) is 0 Å². The second-order valence-electron chi connectivity index (χ2n) is 13.2. The van der Waals surface area contributed by atoms with Crippen molar-refractivity contribution in [1.82, 2.24) is 10.3 Å². The first-order valence-corrected chi connectivity index (χ1v) is 16.0. The molecule has 3 aromatic rings. The van der Waals surface area contributed by atoms with Crippen molar-refractivity contribution in [2.24, 2.45) is 0 Å². The molecule has 11 heteroatoms. The van der Waals surface area contributed by atoms with Crippen molar-refractivity contribution >= 4 is 23.6 Å². The molecule has 0 unspecified atom stereocenters. The minimum atomic E-state index is -3.73. The van der Waals surface area contributed by atoms with Gasteiger partial charge in [0, 0.05) is 24.1 Å². The monoisotopic (exact) mass is 649 g/mol. The fourth-order valence-electron chi connectivity index (χ4n) is 5.57. The molecule has 9 nitrogen and oxygen atoms in total. The number of hydrogen-bond acceptors (Lipinski definition) is 7. The maximum Gasteiger partial charge on any atom is 0.586 e. The molecule has 2 heterocycles. The highest BCUT2D eigenvalue weighted by atomic mass is 19.3. The summed E-state index contributed by atoms with van der Waals surface area (Å²) in [4.78, 5) is 42.8. The van der Waals surface area contributed by atoms with Gasteiger partial charge in [0.15, 0.2) is 11.5 Å². The zero-order valence-electron chi connectivity index (χ0n) is 27.2. The van der Waals surface area contributed by atoms with Crippen LogP contribution < -0.4 is 20.1 Å². The van der Waals surface area contributed by atoms with Gasteiger partial charge in [0.25, 0.3) is 5.91 Å². The Hall–Kier alpha value is -4.54. The lowest BCUT2D eigenvalue weighted by Gasteiger charge is -2.19. The second-order valence-corrected chi connectivity index (χ2v) is 13.2. The van der Waals surface area contributed by atoms with E-state index in [9.17, 15) is 23.2 Å². The van der Waals surface area contributed by atoms with E-state index in [1.807, 2.05) is 39.8 Å². The molecule has 1 aliphatic carbocycles. The number of unbranched alkanes of at least 4 members (excludes halogenated alkanes) is 4. The first-order valence-electron chi connectivity index (χ1n) is 16.0. The van der Waals surface area contributed by atoms with Crippen molar-refractivity contribution in [1.29, 1.82) is 0 Å². The van der Waals surface area contributed by atoms with Crippen LogP contribution in [-0.4, -0.2) is 41.2 Å². The lowest BCUT2D eigenvalue weighted by Crippen LogP contribution is -2.28. The van der Waals surface area contributed by atoms with Crippen molar-refractivity contribution in [3.05, 3.63) is 71.3 Å². The lowest BCUT2D eigenvalue weighted by atomic mass is 9.94. The first-order chi connectivity index (χ1) is 22.2. The van der Waals surface area contributed by atoms with Gasteiger partial charge in [0.2, 0.25) is 5.91 Å². The fraction of sp³-hybridized carbons (Fsp3) is 0.444. The zero-order chi connectivity index (χ0) is 33.8. The number of rotatable bonds is 13. The molecule has 0 bridgehead atoms. The Bertz CT molecular complexity index is 1650. The van der Waals surface area contributed by atoms with Gasteiger partial charge >= 0.3 is 12.3 Å². The molecule has 250 valence electrons. The number of aromatic nitrogens is 1. The van der Waals surface area contributed by atoms with E-state index in [4.69, 9.17) is 9.72 Å². The number of nitrogens with one attached hydrogen (secondary N) is 2. The molecule has 1 aliphatic heterocycles. The van der Waals surface area contributed by atoms with E-state index in [1.165, 1.54) is 12.1 Å². The Balaban J connectivity index is 1.13. The van der Waals surface area contributed by atoms with E-state index in [1.54, 1.807) is 30.3 Å². The Labute approximate surface area is 273 Å². The van der Waals surface area contributed by atoms with Gasteiger partial charge in [0.1, 0.15) is 11.4 Å². The molecule has 2 amide bonds. The van der Waals surface area contributed by atoms with Crippen LogP contribution in [0.15, 0.2) is 54.6 Å². The van der Waals surface area contributed by atoms with Crippen LogP contribution in [0.5, 0.6) is 11.5 Å². The molecule has 0 saturated heterocycles. The number of nitrogens with zero attached hydrogens (tertiary/aromatic N) is 1. The van der Waals surface area contributed by atoms with E-state index in [-0.39, 0.29) is 29.3 Å². The molecule has 5 rings (SSSR count). The number of aryl methyl sites for hydroxylation is 1. The number of carbonyl (C=O) groups excluding carboxylic acids is 3. The van der Waals surface area contributed by atoms with Gasteiger partial charge < -0.3 is 24.8 Å². The average molecular weight is 650 g/mol. The molecule has 1 saturated carbocycles. The van der Waals surface area contributed by atoms with Crippen molar-refractivity contribution < 1.29 is 37.4 Å². The lowest BCUT2D eigenvalue weighted by molar-refractivity contribution is -0.286. The van der Waals surface area contributed by atoms with Gasteiger partial charge in [-0.05, 0) is 94.8 Å². The van der Waals surface area contributed by atoms with Crippen LogP contribution in [0.25, 0.3) is 11.3 Å². The van der Waals surface area contributed by atoms with Crippen LogP contribution in [0.4, 0.5) is 14.6 Å². The van der Waals surface area contributed by atoms with Gasteiger partial charge in [0.05, 0.1) is 11.1 Å². The summed E-state index contributed by atoms with van der Waals surface area (Å²) in [6.45, 7) is 8.03.